The Bertz CT molecular complexity index is 220. The first-order chi connectivity index (χ1) is 7.25. The van der Waals surface area contributed by atoms with Crippen molar-refractivity contribution in [1.82, 2.24) is 10.6 Å². The molecule has 1 saturated carbocycles. The second kappa shape index (κ2) is 4.97. The number of carbonyl (C=O) groups excluding carboxylic acids is 1. The standard InChI is InChI=1S/C12H22N2O/c1-9(7-10-4-5-10)14-12(15)11-3-2-6-13-8-11/h9-11,13H,2-8H2,1H3,(H,14,15)/t9?,11-/m0/s1. The van der Waals surface area contributed by atoms with E-state index in [1.54, 1.807) is 0 Å². The molecule has 2 atom stereocenters. The molecule has 2 N–H and O–H groups in total. The zero-order valence-electron chi connectivity index (χ0n) is 9.59. The summed E-state index contributed by atoms with van der Waals surface area (Å²) in [4.78, 5) is 11.9. The van der Waals surface area contributed by atoms with E-state index in [1.807, 2.05) is 0 Å². The van der Waals surface area contributed by atoms with Crippen molar-refractivity contribution in [2.24, 2.45) is 11.8 Å². The average molecular weight is 210 g/mol. The highest BCUT2D eigenvalue weighted by Crippen LogP contribution is 2.33. The SMILES string of the molecule is CC(CC1CC1)NC(=O)[C@H]1CCCNC1. The van der Waals surface area contributed by atoms with E-state index in [1.165, 1.54) is 19.3 Å². The fourth-order valence-electron chi connectivity index (χ4n) is 2.35. The van der Waals surface area contributed by atoms with Gasteiger partial charge in [0.2, 0.25) is 5.91 Å². The molecule has 15 heavy (non-hydrogen) atoms. The summed E-state index contributed by atoms with van der Waals surface area (Å²) in [5.74, 6) is 1.36. The van der Waals surface area contributed by atoms with E-state index in [0.717, 1.165) is 31.8 Å². The number of piperidine rings is 1. The minimum absolute atomic E-state index is 0.209. The van der Waals surface area contributed by atoms with Crippen LogP contribution in [0.15, 0.2) is 0 Å². The zero-order chi connectivity index (χ0) is 10.7. The molecule has 86 valence electrons. The third-order valence-corrected chi connectivity index (χ3v) is 3.44. The van der Waals surface area contributed by atoms with Gasteiger partial charge in [-0.05, 0) is 38.6 Å². The molecule has 0 bridgehead atoms. The first-order valence-electron chi connectivity index (χ1n) is 6.27. The van der Waals surface area contributed by atoms with Gasteiger partial charge < -0.3 is 10.6 Å². The van der Waals surface area contributed by atoms with E-state index in [-0.39, 0.29) is 11.8 Å². The normalized spacial score (nSPS) is 28.5. The lowest BCUT2D eigenvalue weighted by Crippen LogP contribution is -2.43. The third kappa shape index (κ3) is 3.49. The van der Waals surface area contributed by atoms with Crippen LogP contribution in [0.4, 0.5) is 0 Å². The van der Waals surface area contributed by atoms with Gasteiger partial charge in [0.15, 0.2) is 0 Å². The summed E-state index contributed by atoms with van der Waals surface area (Å²) in [5.41, 5.74) is 0. The summed E-state index contributed by atoms with van der Waals surface area (Å²) in [6.45, 7) is 4.07. The lowest BCUT2D eigenvalue weighted by molar-refractivity contribution is -0.126. The van der Waals surface area contributed by atoms with E-state index in [4.69, 9.17) is 0 Å². The van der Waals surface area contributed by atoms with Crippen molar-refractivity contribution in [3.8, 4) is 0 Å². The van der Waals surface area contributed by atoms with E-state index in [0.29, 0.717) is 6.04 Å². The van der Waals surface area contributed by atoms with Crippen LogP contribution in [0, 0.1) is 11.8 Å². The Kier molecular flexibility index (Phi) is 3.62. The summed E-state index contributed by atoms with van der Waals surface area (Å²) in [5, 5.41) is 6.42. The lowest BCUT2D eigenvalue weighted by atomic mass is 9.98. The van der Waals surface area contributed by atoms with Gasteiger partial charge in [-0.15, -0.1) is 0 Å². The number of hydrogen-bond acceptors (Lipinski definition) is 2. The molecule has 2 aliphatic rings. The third-order valence-electron chi connectivity index (χ3n) is 3.44. The molecule has 0 aromatic heterocycles. The van der Waals surface area contributed by atoms with Crippen LogP contribution >= 0.6 is 0 Å². The Morgan fingerprint density at radius 3 is 2.87 bits per heavy atom. The number of amides is 1. The molecule has 1 amide bonds. The van der Waals surface area contributed by atoms with Crippen molar-refractivity contribution in [1.29, 1.82) is 0 Å². The van der Waals surface area contributed by atoms with Gasteiger partial charge in [-0.25, -0.2) is 0 Å². The summed E-state index contributed by atoms with van der Waals surface area (Å²) in [6.07, 6.45) is 6.09. The van der Waals surface area contributed by atoms with Gasteiger partial charge in [0.1, 0.15) is 0 Å². The summed E-state index contributed by atoms with van der Waals surface area (Å²) < 4.78 is 0. The zero-order valence-corrected chi connectivity index (χ0v) is 9.59. The van der Waals surface area contributed by atoms with Crippen LogP contribution in [0.2, 0.25) is 0 Å². The Morgan fingerprint density at radius 2 is 2.27 bits per heavy atom. The number of nitrogens with one attached hydrogen (secondary N) is 2. The first kappa shape index (κ1) is 10.9. The Labute approximate surface area is 92.0 Å². The number of hydrogen-bond donors (Lipinski definition) is 2. The van der Waals surface area contributed by atoms with Crippen LogP contribution in [0.3, 0.4) is 0 Å². The van der Waals surface area contributed by atoms with Gasteiger partial charge in [0.25, 0.3) is 0 Å². The highest BCUT2D eigenvalue weighted by molar-refractivity contribution is 5.79. The average Bonchev–Trinajstić information content (AvgIpc) is 3.03. The Hall–Kier alpha value is -0.570. The Balaban J connectivity index is 1.69. The van der Waals surface area contributed by atoms with Gasteiger partial charge in [-0.3, -0.25) is 4.79 Å². The molecule has 2 fully saturated rings. The topological polar surface area (TPSA) is 41.1 Å². The predicted molar refractivity (Wildman–Crippen MR) is 60.5 cm³/mol. The highest BCUT2D eigenvalue weighted by Gasteiger charge is 2.26. The van der Waals surface area contributed by atoms with Gasteiger partial charge in [0, 0.05) is 12.6 Å². The molecular weight excluding hydrogens is 188 g/mol. The molecule has 2 rings (SSSR count). The van der Waals surface area contributed by atoms with Gasteiger partial charge in [0.05, 0.1) is 5.92 Å². The number of rotatable bonds is 4. The summed E-state index contributed by atoms with van der Waals surface area (Å²) in [7, 11) is 0. The molecule has 0 aromatic carbocycles. The molecule has 3 heteroatoms. The fourth-order valence-corrected chi connectivity index (χ4v) is 2.35. The molecule has 1 aliphatic carbocycles. The van der Waals surface area contributed by atoms with Gasteiger partial charge >= 0.3 is 0 Å². The van der Waals surface area contributed by atoms with Gasteiger partial charge in [-0.2, -0.15) is 0 Å². The molecule has 1 aliphatic heterocycles. The van der Waals surface area contributed by atoms with Crippen LogP contribution in [-0.4, -0.2) is 25.0 Å². The summed E-state index contributed by atoms with van der Waals surface area (Å²) in [6, 6.07) is 0.368. The van der Waals surface area contributed by atoms with Crippen LogP contribution in [0.25, 0.3) is 0 Å². The van der Waals surface area contributed by atoms with E-state index < -0.39 is 0 Å². The van der Waals surface area contributed by atoms with Crippen molar-refractivity contribution in [3.05, 3.63) is 0 Å². The van der Waals surface area contributed by atoms with Crippen LogP contribution in [-0.2, 0) is 4.79 Å². The molecule has 1 unspecified atom stereocenters. The van der Waals surface area contributed by atoms with Crippen molar-refractivity contribution in [2.45, 2.75) is 45.1 Å². The van der Waals surface area contributed by atoms with Crippen molar-refractivity contribution < 1.29 is 4.79 Å². The monoisotopic (exact) mass is 210 g/mol. The number of carbonyl (C=O) groups is 1. The van der Waals surface area contributed by atoms with E-state index >= 15 is 0 Å². The van der Waals surface area contributed by atoms with Crippen molar-refractivity contribution >= 4 is 5.91 Å². The maximum Gasteiger partial charge on any atom is 0.224 e. The molecule has 0 spiro atoms. The highest BCUT2D eigenvalue weighted by atomic mass is 16.1. The quantitative estimate of drug-likeness (QED) is 0.734. The lowest BCUT2D eigenvalue weighted by Gasteiger charge is -2.24. The molecule has 0 radical (unpaired) electrons. The minimum Gasteiger partial charge on any atom is -0.353 e. The largest absolute Gasteiger partial charge is 0.353 e. The van der Waals surface area contributed by atoms with Gasteiger partial charge in [-0.1, -0.05) is 12.8 Å². The van der Waals surface area contributed by atoms with Crippen LogP contribution in [0.5, 0.6) is 0 Å². The maximum absolute atomic E-state index is 11.9. The smallest absolute Gasteiger partial charge is 0.224 e. The Morgan fingerprint density at radius 1 is 1.47 bits per heavy atom. The fraction of sp³-hybridized carbons (Fsp3) is 0.917. The maximum atomic E-state index is 11.9. The summed E-state index contributed by atoms with van der Waals surface area (Å²) >= 11 is 0. The van der Waals surface area contributed by atoms with E-state index in [2.05, 4.69) is 17.6 Å². The molecule has 3 nitrogen and oxygen atoms in total. The van der Waals surface area contributed by atoms with E-state index in [9.17, 15) is 4.79 Å². The molecule has 1 saturated heterocycles. The first-order valence-corrected chi connectivity index (χ1v) is 6.27. The van der Waals surface area contributed by atoms with Crippen LogP contribution in [0.1, 0.15) is 39.0 Å². The van der Waals surface area contributed by atoms with Crippen molar-refractivity contribution in [3.63, 3.8) is 0 Å². The second-order valence-corrected chi connectivity index (χ2v) is 5.13. The molecular formula is C12H22N2O. The molecule has 0 aromatic rings. The second-order valence-electron chi connectivity index (χ2n) is 5.13. The molecule has 1 heterocycles. The van der Waals surface area contributed by atoms with Crippen LogP contribution < -0.4 is 10.6 Å². The predicted octanol–water partition coefficient (Wildman–Crippen LogP) is 1.29. The van der Waals surface area contributed by atoms with Crippen molar-refractivity contribution in [2.75, 3.05) is 13.1 Å². The minimum atomic E-state index is 0.209.